The molecule has 1 aliphatic carbocycles. The van der Waals surface area contributed by atoms with E-state index in [1.807, 2.05) is 19.1 Å². The number of halogens is 1. The van der Waals surface area contributed by atoms with E-state index in [-0.39, 0.29) is 11.9 Å². The third-order valence-corrected chi connectivity index (χ3v) is 1.51. The molecule has 0 heterocycles. The Balaban J connectivity index is 2.83. The molecule has 0 amide bonds. The van der Waals surface area contributed by atoms with Crippen LogP contribution in [0.15, 0.2) is 35.7 Å². The summed E-state index contributed by atoms with van der Waals surface area (Å²) in [4.78, 5) is 0. The molecule has 0 bridgehead atoms. The maximum absolute atomic E-state index is 12.8. The van der Waals surface area contributed by atoms with Crippen molar-refractivity contribution in [1.82, 2.24) is 0 Å². The molecular formula is C9H11FO. The summed E-state index contributed by atoms with van der Waals surface area (Å²) in [5.74, 6) is -0.237. The van der Waals surface area contributed by atoms with Crippen molar-refractivity contribution in [2.45, 2.75) is 13.0 Å². The Labute approximate surface area is 65.9 Å². The summed E-state index contributed by atoms with van der Waals surface area (Å²) in [6.07, 6.45) is 6.35. The molecule has 11 heavy (non-hydrogen) atoms. The lowest BCUT2D eigenvalue weighted by Gasteiger charge is -2.01. The molecule has 0 aliphatic heterocycles. The smallest absolute Gasteiger partial charge is 0.122 e. The lowest BCUT2D eigenvalue weighted by atomic mass is 10.2. The summed E-state index contributed by atoms with van der Waals surface area (Å²) < 4.78 is 17.7. The molecule has 60 valence electrons. The van der Waals surface area contributed by atoms with E-state index in [1.165, 1.54) is 12.2 Å². The topological polar surface area (TPSA) is 9.23 Å². The van der Waals surface area contributed by atoms with Crippen LogP contribution in [0.3, 0.4) is 0 Å². The molecule has 0 aromatic heterocycles. The van der Waals surface area contributed by atoms with Crippen LogP contribution in [-0.2, 0) is 4.74 Å². The zero-order valence-electron chi connectivity index (χ0n) is 6.67. The van der Waals surface area contributed by atoms with Crippen molar-refractivity contribution >= 4 is 0 Å². The quantitative estimate of drug-likeness (QED) is 0.563. The predicted molar refractivity (Wildman–Crippen MR) is 42.9 cm³/mol. The normalized spacial score (nSPS) is 24.1. The molecule has 1 rings (SSSR count). The highest BCUT2D eigenvalue weighted by Gasteiger charge is 2.03. The first-order valence-corrected chi connectivity index (χ1v) is 3.49. The zero-order chi connectivity index (χ0) is 8.27. The molecule has 0 fully saturated rings. The fraction of sp³-hybridized carbons (Fsp3) is 0.333. The number of hydrogen-bond acceptors (Lipinski definition) is 1. The van der Waals surface area contributed by atoms with Gasteiger partial charge in [0.15, 0.2) is 0 Å². The van der Waals surface area contributed by atoms with Gasteiger partial charge in [0.1, 0.15) is 5.83 Å². The van der Waals surface area contributed by atoms with Crippen molar-refractivity contribution in [3.05, 3.63) is 35.7 Å². The van der Waals surface area contributed by atoms with Gasteiger partial charge in [0.05, 0.1) is 6.10 Å². The second kappa shape index (κ2) is 3.49. The monoisotopic (exact) mass is 154 g/mol. The molecule has 1 atom stereocenters. The lowest BCUT2D eigenvalue weighted by molar-refractivity contribution is 0.176. The average Bonchev–Trinajstić information content (AvgIpc) is 2.11. The summed E-state index contributed by atoms with van der Waals surface area (Å²) in [5.41, 5.74) is 0.901. The minimum atomic E-state index is -0.237. The van der Waals surface area contributed by atoms with Crippen LogP contribution in [0, 0.1) is 0 Å². The molecular weight excluding hydrogens is 143 g/mol. The first-order valence-electron chi connectivity index (χ1n) is 3.49. The number of ether oxygens (including phenoxy) is 1. The Morgan fingerprint density at radius 3 is 2.91 bits per heavy atom. The van der Waals surface area contributed by atoms with Crippen LogP contribution < -0.4 is 0 Å². The highest BCUT2D eigenvalue weighted by atomic mass is 19.1. The molecule has 0 saturated heterocycles. The lowest BCUT2D eigenvalue weighted by Crippen LogP contribution is -2.01. The number of methoxy groups -OCH3 is 1. The molecule has 0 aromatic carbocycles. The van der Waals surface area contributed by atoms with Crippen LogP contribution >= 0.6 is 0 Å². The molecule has 1 aliphatic rings. The largest absolute Gasteiger partial charge is 0.373 e. The Hall–Kier alpha value is -0.890. The van der Waals surface area contributed by atoms with E-state index in [9.17, 15) is 4.39 Å². The van der Waals surface area contributed by atoms with Gasteiger partial charge in [-0.05, 0) is 24.6 Å². The Morgan fingerprint density at radius 2 is 2.27 bits per heavy atom. The Bertz CT molecular complexity index is 226. The van der Waals surface area contributed by atoms with E-state index in [0.717, 1.165) is 5.57 Å². The van der Waals surface area contributed by atoms with Crippen LogP contribution in [0.2, 0.25) is 0 Å². The van der Waals surface area contributed by atoms with Gasteiger partial charge in [0.2, 0.25) is 0 Å². The maximum Gasteiger partial charge on any atom is 0.122 e. The summed E-state index contributed by atoms with van der Waals surface area (Å²) in [6.45, 7) is 1.85. The second-order valence-electron chi connectivity index (χ2n) is 2.50. The number of hydrogen-bond donors (Lipinski definition) is 0. The average molecular weight is 154 g/mol. The van der Waals surface area contributed by atoms with Gasteiger partial charge in [-0.25, -0.2) is 4.39 Å². The highest BCUT2D eigenvalue weighted by Crippen LogP contribution is 2.12. The van der Waals surface area contributed by atoms with Crippen LogP contribution in [0.5, 0.6) is 0 Å². The van der Waals surface area contributed by atoms with E-state index in [1.54, 1.807) is 7.11 Å². The number of allylic oxidation sites excluding steroid dienone is 4. The van der Waals surface area contributed by atoms with E-state index < -0.39 is 0 Å². The number of rotatable bonds is 1. The summed E-state index contributed by atoms with van der Waals surface area (Å²) in [5, 5.41) is 0. The van der Waals surface area contributed by atoms with Crippen LogP contribution in [0.25, 0.3) is 0 Å². The van der Waals surface area contributed by atoms with Crippen molar-refractivity contribution in [1.29, 1.82) is 0 Å². The minimum Gasteiger partial charge on any atom is -0.373 e. The van der Waals surface area contributed by atoms with Gasteiger partial charge < -0.3 is 4.74 Å². The van der Waals surface area contributed by atoms with E-state index in [0.29, 0.717) is 0 Å². The van der Waals surface area contributed by atoms with Crippen LogP contribution in [-0.4, -0.2) is 13.2 Å². The van der Waals surface area contributed by atoms with Crippen molar-refractivity contribution in [3.63, 3.8) is 0 Å². The van der Waals surface area contributed by atoms with Crippen molar-refractivity contribution in [2.24, 2.45) is 0 Å². The fourth-order valence-electron chi connectivity index (χ4n) is 0.919. The van der Waals surface area contributed by atoms with Gasteiger partial charge in [0, 0.05) is 7.11 Å². The van der Waals surface area contributed by atoms with Gasteiger partial charge in [-0.15, -0.1) is 0 Å². The molecule has 0 N–H and O–H groups in total. The standard InChI is InChI=1S/C9H11FO/c1-7-3-4-9(11-2)6-8(10)5-7/h3-6,9H,1-2H3. The summed E-state index contributed by atoms with van der Waals surface area (Å²) >= 11 is 0. The zero-order valence-corrected chi connectivity index (χ0v) is 6.67. The third kappa shape index (κ3) is 2.31. The molecule has 0 radical (unpaired) electrons. The summed E-state index contributed by atoms with van der Waals surface area (Å²) in [7, 11) is 1.56. The first kappa shape index (κ1) is 8.21. The van der Waals surface area contributed by atoms with Gasteiger partial charge >= 0.3 is 0 Å². The van der Waals surface area contributed by atoms with Crippen molar-refractivity contribution in [3.8, 4) is 0 Å². The van der Waals surface area contributed by atoms with Gasteiger partial charge in [0.25, 0.3) is 0 Å². The van der Waals surface area contributed by atoms with E-state index in [2.05, 4.69) is 0 Å². The maximum atomic E-state index is 12.8. The Kier molecular flexibility index (Phi) is 2.60. The van der Waals surface area contributed by atoms with Crippen molar-refractivity contribution in [2.75, 3.05) is 7.11 Å². The van der Waals surface area contributed by atoms with Crippen LogP contribution in [0.1, 0.15) is 6.92 Å². The Morgan fingerprint density at radius 1 is 1.55 bits per heavy atom. The summed E-state index contributed by atoms with van der Waals surface area (Å²) in [6, 6.07) is 0. The predicted octanol–water partition coefficient (Wildman–Crippen LogP) is 2.37. The molecule has 0 spiro atoms. The fourth-order valence-corrected chi connectivity index (χ4v) is 0.919. The molecule has 0 saturated carbocycles. The molecule has 1 nitrogen and oxygen atoms in total. The molecule has 0 aromatic rings. The van der Waals surface area contributed by atoms with Gasteiger partial charge in [-0.3, -0.25) is 0 Å². The van der Waals surface area contributed by atoms with Gasteiger partial charge in [-0.1, -0.05) is 12.2 Å². The highest BCUT2D eigenvalue weighted by molar-refractivity contribution is 5.31. The van der Waals surface area contributed by atoms with Crippen LogP contribution in [0.4, 0.5) is 4.39 Å². The third-order valence-electron chi connectivity index (χ3n) is 1.51. The van der Waals surface area contributed by atoms with E-state index >= 15 is 0 Å². The minimum absolute atomic E-state index is 0.233. The second-order valence-corrected chi connectivity index (χ2v) is 2.50. The molecule has 1 unspecified atom stereocenters. The van der Waals surface area contributed by atoms with E-state index in [4.69, 9.17) is 4.74 Å². The SMILES string of the molecule is COC1C=CC(C)=CC(F)=C1. The molecule has 2 heteroatoms. The van der Waals surface area contributed by atoms with Crippen molar-refractivity contribution < 1.29 is 9.13 Å². The van der Waals surface area contributed by atoms with Gasteiger partial charge in [-0.2, -0.15) is 0 Å². The first-order chi connectivity index (χ1) is 5.22.